The molecule has 2 heterocycles. The highest BCUT2D eigenvalue weighted by molar-refractivity contribution is 7.99. The minimum atomic E-state index is -0.183. The summed E-state index contributed by atoms with van der Waals surface area (Å²) in [4.78, 5) is 21.7. The first-order valence-electron chi connectivity index (χ1n) is 9.23. The molecule has 1 amide bonds. The Labute approximate surface area is 167 Å². The first-order chi connectivity index (χ1) is 13.8. The number of hydrogen-bond donors (Lipinski definition) is 1. The summed E-state index contributed by atoms with van der Waals surface area (Å²) in [5, 5.41) is 4.81. The summed E-state index contributed by atoms with van der Waals surface area (Å²) in [6.45, 7) is 0. The number of fused-ring (bicyclic) bond motifs is 1. The summed E-state index contributed by atoms with van der Waals surface area (Å²) in [5.41, 5.74) is 5.81. The number of aromatic nitrogens is 2. The molecule has 3 aromatic rings. The quantitative estimate of drug-likeness (QED) is 0.298. The molecule has 0 spiro atoms. The lowest BCUT2D eigenvalue weighted by Crippen LogP contribution is -2.20. The van der Waals surface area contributed by atoms with Gasteiger partial charge in [0.1, 0.15) is 10.8 Å². The van der Waals surface area contributed by atoms with Gasteiger partial charge in [0.05, 0.1) is 18.2 Å². The summed E-state index contributed by atoms with van der Waals surface area (Å²) in [7, 11) is 0. The fourth-order valence-corrected chi connectivity index (χ4v) is 3.97. The van der Waals surface area contributed by atoms with Gasteiger partial charge < -0.3 is 4.42 Å². The molecule has 0 aliphatic heterocycles. The van der Waals surface area contributed by atoms with E-state index in [9.17, 15) is 4.79 Å². The van der Waals surface area contributed by atoms with E-state index < -0.39 is 0 Å². The highest BCUT2D eigenvalue weighted by Gasteiger charge is 2.19. The second kappa shape index (κ2) is 8.84. The molecule has 1 aromatic carbocycles. The fourth-order valence-electron chi connectivity index (χ4n) is 3.09. The largest absolute Gasteiger partial charge is 0.463 e. The molecule has 1 aliphatic rings. The van der Waals surface area contributed by atoms with E-state index in [1.54, 1.807) is 18.4 Å². The summed E-state index contributed by atoms with van der Waals surface area (Å²) in [5.74, 6) is 1.37. The Morgan fingerprint density at radius 2 is 2.00 bits per heavy atom. The van der Waals surface area contributed by atoms with E-state index in [0.29, 0.717) is 5.76 Å². The van der Waals surface area contributed by atoms with Crippen LogP contribution in [0, 0.1) is 0 Å². The Hall–Kier alpha value is -2.93. The van der Waals surface area contributed by atoms with E-state index >= 15 is 0 Å². The van der Waals surface area contributed by atoms with Crippen molar-refractivity contribution in [2.75, 3.05) is 5.75 Å². The topological polar surface area (TPSA) is 80.4 Å². The van der Waals surface area contributed by atoms with Crippen molar-refractivity contribution >= 4 is 23.9 Å². The second-order valence-corrected chi connectivity index (χ2v) is 7.41. The molecule has 1 N–H and O–H groups in total. The van der Waals surface area contributed by atoms with Crippen molar-refractivity contribution < 1.29 is 9.21 Å². The first-order valence-corrected chi connectivity index (χ1v) is 10.2. The maximum absolute atomic E-state index is 12.1. The number of benzene rings is 1. The number of carbonyl (C=O) groups is 1. The molecule has 142 valence electrons. The van der Waals surface area contributed by atoms with Crippen molar-refractivity contribution in [1.82, 2.24) is 15.4 Å². The van der Waals surface area contributed by atoms with Crippen molar-refractivity contribution in [3.8, 4) is 11.4 Å². The number of amides is 1. The standard InChI is InChI=1S/C21H20N4O2S/c26-19(25-22-13-16-9-6-12-27-16)14-28-21-17-10-4-5-11-18(17)23-20(24-21)15-7-2-1-3-8-15/h1-3,6-9,12-13H,4-5,10-11,14H2,(H,25,26)/b22-13-. The Morgan fingerprint density at radius 3 is 2.82 bits per heavy atom. The van der Waals surface area contributed by atoms with Gasteiger partial charge in [0, 0.05) is 16.8 Å². The SMILES string of the molecule is O=C(CSc1nc(-c2ccccc2)nc2c1CCCC2)N/N=C\c1ccco1. The number of carbonyl (C=O) groups excluding carboxylic acids is 1. The summed E-state index contributed by atoms with van der Waals surface area (Å²) < 4.78 is 5.14. The van der Waals surface area contributed by atoms with Gasteiger partial charge in [-0.25, -0.2) is 15.4 Å². The molecule has 0 fully saturated rings. The number of nitrogens with zero attached hydrogens (tertiary/aromatic N) is 3. The third-order valence-electron chi connectivity index (χ3n) is 4.44. The lowest BCUT2D eigenvalue weighted by molar-refractivity contribution is -0.118. The number of aryl methyl sites for hydroxylation is 1. The van der Waals surface area contributed by atoms with Crippen LogP contribution in [-0.4, -0.2) is 27.8 Å². The highest BCUT2D eigenvalue weighted by atomic mass is 32.2. The number of nitrogens with one attached hydrogen (secondary N) is 1. The predicted molar refractivity (Wildman–Crippen MR) is 109 cm³/mol. The molecule has 4 rings (SSSR count). The first kappa shape index (κ1) is 18.4. The number of furan rings is 1. The van der Waals surface area contributed by atoms with Gasteiger partial charge >= 0.3 is 0 Å². The van der Waals surface area contributed by atoms with E-state index in [1.165, 1.54) is 23.5 Å². The van der Waals surface area contributed by atoms with Crippen LogP contribution in [0.1, 0.15) is 29.9 Å². The second-order valence-electron chi connectivity index (χ2n) is 6.45. The zero-order valence-corrected chi connectivity index (χ0v) is 16.1. The van der Waals surface area contributed by atoms with Gasteiger partial charge in [-0.1, -0.05) is 42.1 Å². The number of hydrogen-bond acceptors (Lipinski definition) is 6. The van der Waals surface area contributed by atoms with E-state index in [1.807, 2.05) is 30.3 Å². The maximum Gasteiger partial charge on any atom is 0.250 e. The molecular formula is C21H20N4O2S. The molecule has 0 radical (unpaired) electrons. The molecule has 7 heteroatoms. The molecule has 28 heavy (non-hydrogen) atoms. The Bertz CT molecular complexity index is 972. The van der Waals surface area contributed by atoms with Gasteiger partial charge in [0.15, 0.2) is 5.82 Å². The number of thioether (sulfide) groups is 1. The van der Waals surface area contributed by atoms with Crippen LogP contribution >= 0.6 is 11.8 Å². The van der Waals surface area contributed by atoms with Crippen LogP contribution in [-0.2, 0) is 17.6 Å². The number of rotatable bonds is 6. The average molecular weight is 392 g/mol. The van der Waals surface area contributed by atoms with Crippen LogP contribution in [0.25, 0.3) is 11.4 Å². The van der Waals surface area contributed by atoms with Crippen LogP contribution < -0.4 is 5.43 Å². The third-order valence-corrected chi connectivity index (χ3v) is 5.46. The molecule has 2 aromatic heterocycles. The van der Waals surface area contributed by atoms with Gasteiger partial charge in [-0.3, -0.25) is 4.79 Å². The Morgan fingerprint density at radius 1 is 1.14 bits per heavy atom. The molecule has 0 saturated carbocycles. The van der Waals surface area contributed by atoms with Gasteiger partial charge in [0.2, 0.25) is 5.91 Å². The monoisotopic (exact) mass is 392 g/mol. The zero-order valence-electron chi connectivity index (χ0n) is 15.3. The minimum absolute atomic E-state index is 0.183. The minimum Gasteiger partial charge on any atom is -0.463 e. The van der Waals surface area contributed by atoms with Crippen LogP contribution in [0.5, 0.6) is 0 Å². The summed E-state index contributed by atoms with van der Waals surface area (Å²) >= 11 is 1.44. The lowest BCUT2D eigenvalue weighted by atomic mass is 9.97. The molecule has 0 saturated heterocycles. The van der Waals surface area contributed by atoms with E-state index in [0.717, 1.165) is 47.8 Å². The molecule has 0 atom stereocenters. The Balaban J connectivity index is 1.47. The van der Waals surface area contributed by atoms with Crippen LogP contribution in [0.15, 0.2) is 63.3 Å². The maximum atomic E-state index is 12.1. The molecule has 6 nitrogen and oxygen atoms in total. The van der Waals surface area contributed by atoms with Crippen molar-refractivity contribution in [3.63, 3.8) is 0 Å². The third kappa shape index (κ3) is 4.48. The van der Waals surface area contributed by atoms with Crippen molar-refractivity contribution in [1.29, 1.82) is 0 Å². The predicted octanol–water partition coefficient (Wildman–Crippen LogP) is 3.86. The molecular weight excluding hydrogens is 372 g/mol. The van der Waals surface area contributed by atoms with E-state index in [2.05, 4.69) is 10.5 Å². The summed E-state index contributed by atoms with van der Waals surface area (Å²) in [6, 6.07) is 13.5. The molecule has 1 aliphatic carbocycles. The van der Waals surface area contributed by atoms with Crippen molar-refractivity contribution in [2.45, 2.75) is 30.7 Å². The Kier molecular flexibility index (Phi) is 5.82. The van der Waals surface area contributed by atoms with E-state index in [4.69, 9.17) is 14.4 Å². The van der Waals surface area contributed by atoms with Crippen LogP contribution in [0.2, 0.25) is 0 Å². The van der Waals surface area contributed by atoms with Crippen molar-refractivity contribution in [3.05, 3.63) is 65.7 Å². The fraction of sp³-hybridized carbons (Fsp3) is 0.238. The van der Waals surface area contributed by atoms with Crippen LogP contribution in [0.3, 0.4) is 0 Å². The van der Waals surface area contributed by atoms with Crippen LogP contribution in [0.4, 0.5) is 0 Å². The molecule has 0 bridgehead atoms. The highest BCUT2D eigenvalue weighted by Crippen LogP contribution is 2.31. The smallest absolute Gasteiger partial charge is 0.250 e. The zero-order chi connectivity index (χ0) is 19.2. The average Bonchev–Trinajstić information content (AvgIpc) is 3.26. The van der Waals surface area contributed by atoms with Gasteiger partial charge in [-0.15, -0.1) is 0 Å². The van der Waals surface area contributed by atoms with Gasteiger partial charge in [-0.05, 0) is 37.8 Å². The number of hydrazone groups is 1. The van der Waals surface area contributed by atoms with Crippen molar-refractivity contribution in [2.24, 2.45) is 5.10 Å². The molecule has 0 unspecified atom stereocenters. The summed E-state index contributed by atoms with van der Waals surface area (Å²) in [6.07, 6.45) is 7.23. The normalized spacial score (nSPS) is 13.4. The van der Waals surface area contributed by atoms with Gasteiger partial charge in [0.25, 0.3) is 0 Å². The van der Waals surface area contributed by atoms with E-state index in [-0.39, 0.29) is 11.7 Å². The lowest BCUT2D eigenvalue weighted by Gasteiger charge is -2.18. The van der Waals surface area contributed by atoms with Gasteiger partial charge in [-0.2, -0.15) is 5.10 Å².